The fraction of sp³-hybridized carbons (Fsp3) is 0.242. The van der Waals surface area contributed by atoms with Gasteiger partial charge < -0.3 is 18.9 Å². The molecular formula is C33H30N2O9. The van der Waals surface area contributed by atoms with Crippen molar-refractivity contribution in [1.29, 1.82) is 0 Å². The summed E-state index contributed by atoms with van der Waals surface area (Å²) >= 11 is 0. The number of aromatic nitrogens is 2. The summed E-state index contributed by atoms with van der Waals surface area (Å²) in [5.41, 5.74) is -0.0318. The second-order valence-electron chi connectivity index (χ2n) is 10.2. The summed E-state index contributed by atoms with van der Waals surface area (Å²) in [6.07, 6.45) is -4.81. The number of aromatic amines is 1. The van der Waals surface area contributed by atoms with Crippen molar-refractivity contribution >= 4 is 17.9 Å². The molecule has 226 valence electrons. The van der Waals surface area contributed by atoms with Gasteiger partial charge in [0.1, 0.15) is 6.10 Å². The van der Waals surface area contributed by atoms with Gasteiger partial charge in [-0.2, -0.15) is 0 Å². The highest BCUT2D eigenvalue weighted by molar-refractivity contribution is 5.90. The maximum atomic E-state index is 13.3. The van der Waals surface area contributed by atoms with Crippen LogP contribution in [0.25, 0.3) is 0 Å². The standard InChI is InChI=1S/C33H30N2O9/c1-20-21(2)35(33(40)34-28(20)36)29-27(44-32(39)24-16-10-5-11-17-24)26(43-31(38)23-14-8-4-9-15-23)25(42-29)18-19-41-30(37)22-12-6-3-7-13-22/h3-17,25-27,29H,18-19H2,1-2H3,(H,34,36,40)/t25-,26-,27-,29-/m1/s1. The molecule has 1 saturated heterocycles. The van der Waals surface area contributed by atoms with Crippen LogP contribution in [0.3, 0.4) is 0 Å². The Kier molecular flexibility index (Phi) is 9.15. The molecule has 1 fully saturated rings. The lowest BCUT2D eigenvalue weighted by Crippen LogP contribution is -2.43. The fourth-order valence-corrected chi connectivity index (χ4v) is 4.93. The zero-order chi connectivity index (χ0) is 31.2. The Bertz CT molecular complexity index is 1750. The monoisotopic (exact) mass is 598 g/mol. The highest BCUT2D eigenvalue weighted by Crippen LogP contribution is 2.36. The van der Waals surface area contributed by atoms with Crippen molar-refractivity contribution in [3.05, 3.63) is 140 Å². The summed E-state index contributed by atoms with van der Waals surface area (Å²) in [6, 6.07) is 24.8. The number of ether oxygens (including phenoxy) is 4. The van der Waals surface area contributed by atoms with Crippen molar-refractivity contribution in [3.8, 4) is 0 Å². The number of benzene rings is 3. The number of esters is 3. The van der Waals surface area contributed by atoms with Crippen LogP contribution in [0.4, 0.5) is 0 Å². The van der Waals surface area contributed by atoms with Gasteiger partial charge in [0, 0.05) is 17.7 Å². The van der Waals surface area contributed by atoms with Crippen LogP contribution >= 0.6 is 0 Å². The van der Waals surface area contributed by atoms with E-state index < -0.39 is 53.7 Å². The predicted molar refractivity (Wildman–Crippen MR) is 157 cm³/mol. The minimum absolute atomic E-state index is 0.0251. The number of carbonyl (C=O) groups is 3. The number of nitrogens with one attached hydrogen (secondary N) is 1. The molecule has 1 aromatic heterocycles. The van der Waals surface area contributed by atoms with E-state index in [-0.39, 0.29) is 35.4 Å². The van der Waals surface area contributed by atoms with Gasteiger partial charge in [0.05, 0.1) is 23.3 Å². The quantitative estimate of drug-likeness (QED) is 0.225. The second-order valence-corrected chi connectivity index (χ2v) is 10.2. The van der Waals surface area contributed by atoms with Crippen LogP contribution in [0.2, 0.25) is 0 Å². The van der Waals surface area contributed by atoms with Gasteiger partial charge in [0.15, 0.2) is 18.4 Å². The molecular weight excluding hydrogens is 568 g/mol. The zero-order valence-corrected chi connectivity index (χ0v) is 24.0. The van der Waals surface area contributed by atoms with Gasteiger partial charge in [-0.25, -0.2) is 19.2 Å². The molecule has 0 saturated carbocycles. The lowest BCUT2D eigenvalue weighted by atomic mass is 10.1. The van der Waals surface area contributed by atoms with Crippen LogP contribution < -0.4 is 11.2 Å². The largest absolute Gasteiger partial charge is 0.462 e. The van der Waals surface area contributed by atoms with Crippen LogP contribution in [0.15, 0.2) is 101 Å². The summed E-state index contributed by atoms with van der Waals surface area (Å²) in [5.74, 6) is -2.02. The van der Waals surface area contributed by atoms with E-state index in [1.165, 1.54) is 11.5 Å². The van der Waals surface area contributed by atoms with E-state index in [1.807, 2.05) is 0 Å². The van der Waals surface area contributed by atoms with Crippen molar-refractivity contribution in [2.24, 2.45) is 0 Å². The average molecular weight is 599 g/mol. The lowest BCUT2D eigenvalue weighted by Gasteiger charge is -2.26. The summed E-state index contributed by atoms with van der Waals surface area (Å²) in [7, 11) is 0. The van der Waals surface area contributed by atoms with E-state index in [1.54, 1.807) is 97.9 Å². The van der Waals surface area contributed by atoms with Crippen molar-refractivity contribution in [1.82, 2.24) is 9.55 Å². The van der Waals surface area contributed by atoms with Gasteiger partial charge in [0.2, 0.25) is 0 Å². The predicted octanol–water partition coefficient (Wildman–Crippen LogP) is 3.75. The molecule has 2 heterocycles. The van der Waals surface area contributed by atoms with Crippen LogP contribution in [0, 0.1) is 13.8 Å². The van der Waals surface area contributed by atoms with Crippen LogP contribution in [0.1, 0.15) is 55.0 Å². The summed E-state index contributed by atoms with van der Waals surface area (Å²) in [6.45, 7) is 2.96. The number of hydrogen-bond acceptors (Lipinski definition) is 9. The van der Waals surface area contributed by atoms with Gasteiger partial charge in [-0.05, 0) is 50.2 Å². The Balaban J connectivity index is 1.50. The van der Waals surface area contributed by atoms with Gasteiger partial charge in [-0.15, -0.1) is 0 Å². The number of H-pyrrole nitrogens is 1. The molecule has 1 aliphatic rings. The van der Waals surface area contributed by atoms with E-state index in [9.17, 15) is 24.0 Å². The number of hydrogen-bond donors (Lipinski definition) is 1. The molecule has 1 aliphatic heterocycles. The van der Waals surface area contributed by atoms with Gasteiger partial charge in [0.25, 0.3) is 5.56 Å². The van der Waals surface area contributed by atoms with Crippen molar-refractivity contribution < 1.29 is 33.3 Å². The second kappa shape index (κ2) is 13.3. The molecule has 4 aromatic rings. The van der Waals surface area contributed by atoms with E-state index in [2.05, 4.69) is 4.98 Å². The molecule has 44 heavy (non-hydrogen) atoms. The molecule has 4 atom stereocenters. The summed E-state index contributed by atoms with van der Waals surface area (Å²) in [5, 5.41) is 0. The molecule has 1 N–H and O–H groups in total. The van der Waals surface area contributed by atoms with E-state index in [0.29, 0.717) is 5.56 Å². The van der Waals surface area contributed by atoms with Crippen LogP contribution in [-0.4, -0.2) is 52.4 Å². The Hall–Kier alpha value is -5.29. The normalized spacial score (nSPS) is 19.2. The number of rotatable bonds is 9. The van der Waals surface area contributed by atoms with Crippen molar-refractivity contribution in [2.45, 2.75) is 44.8 Å². The van der Waals surface area contributed by atoms with E-state index in [0.717, 1.165) is 0 Å². The smallest absolute Gasteiger partial charge is 0.338 e. The zero-order valence-electron chi connectivity index (χ0n) is 24.0. The van der Waals surface area contributed by atoms with Crippen molar-refractivity contribution in [3.63, 3.8) is 0 Å². The molecule has 0 aliphatic carbocycles. The lowest BCUT2D eigenvalue weighted by molar-refractivity contribution is -0.0561. The minimum Gasteiger partial charge on any atom is -0.462 e. The van der Waals surface area contributed by atoms with E-state index in [4.69, 9.17) is 18.9 Å². The fourth-order valence-electron chi connectivity index (χ4n) is 4.93. The Labute approximate surface area is 252 Å². The average Bonchev–Trinajstić information content (AvgIpc) is 3.36. The third-order valence-corrected chi connectivity index (χ3v) is 7.37. The first kappa shape index (κ1) is 30.2. The Morgan fingerprint density at radius 2 is 1.20 bits per heavy atom. The first-order chi connectivity index (χ1) is 21.2. The maximum Gasteiger partial charge on any atom is 0.338 e. The highest BCUT2D eigenvalue weighted by Gasteiger charge is 2.51. The Morgan fingerprint density at radius 1 is 0.727 bits per heavy atom. The molecule has 0 bridgehead atoms. The third kappa shape index (κ3) is 6.52. The van der Waals surface area contributed by atoms with Crippen LogP contribution in [-0.2, 0) is 18.9 Å². The molecule has 0 spiro atoms. The highest BCUT2D eigenvalue weighted by atomic mass is 16.6. The van der Waals surface area contributed by atoms with E-state index >= 15 is 0 Å². The topological polar surface area (TPSA) is 143 Å². The van der Waals surface area contributed by atoms with Gasteiger partial charge in [-0.1, -0.05) is 54.6 Å². The number of nitrogens with zero attached hydrogens (tertiary/aromatic N) is 1. The van der Waals surface area contributed by atoms with Gasteiger partial charge in [-0.3, -0.25) is 14.3 Å². The first-order valence-corrected chi connectivity index (χ1v) is 14.0. The third-order valence-electron chi connectivity index (χ3n) is 7.37. The van der Waals surface area contributed by atoms with Gasteiger partial charge >= 0.3 is 23.6 Å². The summed E-state index contributed by atoms with van der Waals surface area (Å²) < 4.78 is 24.7. The maximum absolute atomic E-state index is 13.3. The summed E-state index contributed by atoms with van der Waals surface area (Å²) in [4.78, 5) is 66.8. The molecule has 11 heteroatoms. The first-order valence-electron chi connectivity index (χ1n) is 14.0. The Morgan fingerprint density at radius 3 is 1.73 bits per heavy atom. The molecule has 5 rings (SSSR count). The van der Waals surface area contributed by atoms with Crippen molar-refractivity contribution in [2.75, 3.05) is 6.61 Å². The number of carbonyl (C=O) groups excluding carboxylic acids is 3. The molecule has 11 nitrogen and oxygen atoms in total. The SMILES string of the molecule is Cc1c(C)n([C@@H]2O[C@H](CCOC(=O)c3ccccc3)[C@@H](OC(=O)c3ccccc3)[C@H]2OC(=O)c2ccccc2)c(=O)[nH]c1=O. The molecule has 0 radical (unpaired) electrons. The molecule has 0 amide bonds. The molecule has 0 unspecified atom stereocenters. The molecule has 3 aromatic carbocycles. The van der Waals surface area contributed by atoms with Crippen LogP contribution in [0.5, 0.6) is 0 Å². The minimum atomic E-state index is -1.33.